The predicted octanol–water partition coefficient (Wildman–Crippen LogP) is 1.92. The van der Waals surface area contributed by atoms with Gasteiger partial charge in [0.2, 0.25) is 0 Å². The van der Waals surface area contributed by atoms with Crippen molar-refractivity contribution in [2.75, 3.05) is 7.11 Å². The molecule has 0 N–H and O–H groups in total. The Morgan fingerprint density at radius 1 is 1.26 bits per heavy atom. The van der Waals surface area contributed by atoms with E-state index in [0.717, 1.165) is 17.0 Å². The van der Waals surface area contributed by atoms with E-state index >= 15 is 0 Å². The van der Waals surface area contributed by atoms with Crippen molar-refractivity contribution in [3.63, 3.8) is 0 Å². The van der Waals surface area contributed by atoms with Crippen molar-refractivity contribution in [3.8, 4) is 17.3 Å². The minimum Gasteiger partial charge on any atom is -0.497 e. The average molecular weight is 313 g/mol. The monoisotopic (exact) mass is 313 g/mol. The van der Waals surface area contributed by atoms with Crippen LogP contribution in [0.5, 0.6) is 5.75 Å². The Morgan fingerprint density at radius 2 is 2.09 bits per heavy atom. The molecule has 1 aromatic carbocycles. The normalized spacial score (nSPS) is 17.0. The second-order valence-electron chi connectivity index (χ2n) is 5.29. The van der Waals surface area contributed by atoms with Crippen LogP contribution in [0, 0.1) is 6.92 Å². The van der Waals surface area contributed by atoms with E-state index in [0.29, 0.717) is 30.6 Å². The van der Waals surface area contributed by atoms with Gasteiger partial charge in [-0.15, -0.1) is 5.10 Å². The standard InChI is InChI=1S/C15H15N5O3/c1-9-16-15(23-18-9)14-12-8-22-13(7-20(12)19-17-14)10-3-5-11(21-2)6-4-10/h3-6,13H,7-8H2,1-2H3/t13-/m0/s1. The van der Waals surface area contributed by atoms with Gasteiger partial charge in [-0.3, -0.25) is 0 Å². The fraction of sp³-hybridized carbons (Fsp3) is 0.333. The molecule has 4 rings (SSSR count). The molecule has 8 nitrogen and oxygen atoms in total. The van der Waals surface area contributed by atoms with Crippen LogP contribution in [0.3, 0.4) is 0 Å². The highest BCUT2D eigenvalue weighted by Gasteiger charge is 2.27. The van der Waals surface area contributed by atoms with Crippen molar-refractivity contribution in [1.29, 1.82) is 0 Å². The van der Waals surface area contributed by atoms with Gasteiger partial charge in [0, 0.05) is 0 Å². The fourth-order valence-corrected chi connectivity index (χ4v) is 2.59. The lowest BCUT2D eigenvalue weighted by Gasteiger charge is -2.24. The quantitative estimate of drug-likeness (QED) is 0.729. The molecule has 0 saturated heterocycles. The molecule has 0 aliphatic carbocycles. The number of fused-ring (bicyclic) bond motifs is 1. The number of methoxy groups -OCH3 is 1. The first kappa shape index (κ1) is 13.9. The molecule has 8 heteroatoms. The first-order valence-corrected chi connectivity index (χ1v) is 7.23. The second kappa shape index (κ2) is 5.47. The highest BCUT2D eigenvalue weighted by Crippen LogP contribution is 2.30. The van der Waals surface area contributed by atoms with Gasteiger partial charge in [0.1, 0.15) is 11.9 Å². The molecule has 118 valence electrons. The maximum absolute atomic E-state index is 5.96. The van der Waals surface area contributed by atoms with Crippen molar-refractivity contribution < 1.29 is 14.0 Å². The van der Waals surface area contributed by atoms with Gasteiger partial charge in [0.15, 0.2) is 11.5 Å². The summed E-state index contributed by atoms with van der Waals surface area (Å²) in [4.78, 5) is 4.19. The van der Waals surface area contributed by atoms with Crippen LogP contribution in [0.15, 0.2) is 28.8 Å². The number of hydrogen-bond donors (Lipinski definition) is 0. The Labute approximate surface area is 132 Å². The van der Waals surface area contributed by atoms with E-state index < -0.39 is 0 Å². The molecule has 3 heterocycles. The van der Waals surface area contributed by atoms with Crippen LogP contribution in [0.1, 0.15) is 23.2 Å². The van der Waals surface area contributed by atoms with Gasteiger partial charge in [0.25, 0.3) is 5.89 Å². The summed E-state index contributed by atoms with van der Waals surface area (Å²) in [7, 11) is 1.65. The Hall–Kier alpha value is -2.74. The fourth-order valence-electron chi connectivity index (χ4n) is 2.59. The van der Waals surface area contributed by atoms with Crippen LogP contribution in [0.4, 0.5) is 0 Å². The largest absolute Gasteiger partial charge is 0.497 e. The van der Waals surface area contributed by atoms with Crippen molar-refractivity contribution in [1.82, 2.24) is 25.1 Å². The molecule has 0 radical (unpaired) electrons. The molecule has 0 saturated carbocycles. The van der Waals surface area contributed by atoms with Gasteiger partial charge >= 0.3 is 0 Å². The van der Waals surface area contributed by atoms with Gasteiger partial charge < -0.3 is 14.0 Å². The highest BCUT2D eigenvalue weighted by molar-refractivity contribution is 5.49. The molecule has 1 aliphatic heterocycles. The predicted molar refractivity (Wildman–Crippen MR) is 78.6 cm³/mol. The number of aromatic nitrogens is 5. The molecule has 0 fully saturated rings. The van der Waals surface area contributed by atoms with E-state index in [1.54, 1.807) is 14.0 Å². The lowest BCUT2D eigenvalue weighted by Crippen LogP contribution is -2.22. The summed E-state index contributed by atoms with van der Waals surface area (Å²) in [6.07, 6.45) is -0.0765. The Balaban J connectivity index is 1.59. The summed E-state index contributed by atoms with van der Waals surface area (Å²) in [5, 5.41) is 12.1. The third-order valence-corrected chi connectivity index (χ3v) is 3.82. The second-order valence-corrected chi connectivity index (χ2v) is 5.29. The van der Waals surface area contributed by atoms with Gasteiger partial charge in [0.05, 0.1) is 26.0 Å². The Morgan fingerprint density at radius 3 is 2.78 bits per heavy atom. The molecular formula is C15H15N5O3. The average Bonchev–Trinajstić information content (AvgIpc) is 3.20. The topological polar surface area (TPSA) is 88.1 Å². The first-order chi connectivity index (χ1) is 11.2. The van der Waals surface area contributed by atoms with Gasteiger partial charge in [-0.05, 0) is 24.6 Å². The van der Waals surface area contributed by atoms with Crippen molar-refractivity contribution in [2.45, 2.75) is 26.2 Å². The zero-order valence-corrected chi connectivity index (χ0v) is 12.8. The van der Waals surface area contributed by atoms with Crippen LogP contribution in [0.25, 0.3) is 11.6 Å². The molecule has 3 aromatic rings. The van der Waals surface area contributed by atoms with E-state index in [2.05, 4.69) is 20.5 Å². The summed E-state index contributed by atoms with van der Waals surface area (Å²) in [6, 6.07) is 7.83. The third kappa shape index (κ3) is 2.46. The molecule has 0 bridgehead atoms. The number of hydrogen-bond acceptors (Lipinski definition) is 7. The van der Waals surface area contributed by atoms with Gasteiger partial charge in [-0.2, -0.15) is 4.98 Å². The van der Waals surface area contributed by atoms with Crippen LogP contribution in [-0.2, 0) is 17.9 Å². The number of nitrogens with zero attached hydrogens (tertiary/aromatic N) is 5. The summed E-state index contributed by atoms with van der Waals surface area (Å²) < 4.78 is 18.1. The van der Waals surface area contributed by atoms with Crippen molar-refractivity contribution in [3.05, 3.63) is 41.3 Å². The van der Waals surface area contributed by atoms with E-state index in [4.69, 9.17) is 14.0 Å². The van der Waals surface area contributed by atoms with E-state index in [1.807, 2.05) is 28.9 Å². The number of aryl methyl sites for hydroxylation is 1. The SMILES string of the molecule is COc1ccc([C@@H]2Cn3nnc(-c4nc(C)no4)c3CO2)cc1. The molecular weight excluding hydrogens is 298 g/mol. The van der Waals surface area contributed by atoms with Crippen molar-refractivity contribution >= 4 is 0 Å². The maximum atomic E-state index is 5.96. The Bertz CT molecular complexity index is 824. The molecule has 1 aliphatic rings. The molecule has 0 spiro atoms. The number of rotatable bonds is 3. The van der Waals surface area contributed by atoms with E-state index in [-0.39, 0.29) is 6.10 Å². The number of benzene rings is 1. The van der Waals surface area contributed by atoms with Crippen LogP contribution in [-0.4, -0.2) is 32.2 Å². The molecule has 2 aromatic heterocycles. The van der Waals surface area contributed by atoms with Gasteiger partial charge in [-0.1, -0.05) is 22.5 Å². The zero-order chi connectivity index (χ0) is 15.8. The van der Waals surface area contributed by atoms with E-state index in [9.17, 15) is 0 Å². The van der Waals surface area contributed by atoms with Crippen LogP contribution >= 0.6 is 0 Å². The highest BCUT2D eigenvalue weighted by atomic mass is 16.5. The summed E-state index contributed by atoms with van der Waals surface area (Å²) in [5.41, 5.74) is 2.50. The molecule has 0 unspecified atom stereocenters. The Kier molecular flexibility index (Phi) is 3.30. The molecule has 23 heavy (non-hydrogen) atoms. The smallest absolute Gasteiger partial charge is 0.280 e. The van der Waals surface area contributed by atoms with Gasteiger partial charge in [-0.25, -0.2) is 4.68 Å². The van der Waals surface area contributed by atoms with E-state index in [1.165, 1.54) is 0 Å². The minimum absolute atomic E-state index is 0.0765. The summed E-state index contributed by atoms with van der Waals surface area (Å²) >= 11 is 0. The first-order valence-electron chi connectivity index (χ1n) is 7.23. The summed E-state index contributed by atoms with van der Waals surface area (Å²) in [6.45, 7) is 2.74. The third-order valence-electron chi connectivity index (χ3n) is 3.82. The zero-order valence-electron chi connectivity index (χ0n) is 12.8. The van der Waals surface area contributed by atoms with Crippen LogP contribution < -0.4 is 4.74 Å². The lowest BCUT2D eigenvalue weighted by molar-refractivity contribution is -0.00119. The molecule has 0 amide bonds. The maximum Gasteiger partial charge on any atom is 0.280 e. The lowest BCUT2D eigenvalue weighted by atomic mass is 10.1. The summed E-state index contributed by atoms with van der Waals surface area (Å²) in [5.74, 6) is 1.75. The molecule has 1 atom stereocenters. The number of ether oxygens (including phenoxy) is 2. The van der Waals surface area contributed by atoms with Crippen LogP contribution in [0.2, 0.25) is 0 Å². The van der Waals surface area contributed by atoms with Crippen molar-refractivity contribution in [2.24, 2.45) is 0 Å². The minimum atomic E-state index is -0.0765.